The molecular weight excluding hydrogens is 414 g/mol. The van der Waals surface area contributed by atoms with Crippen LogP contribution in [-0.2, 0) is 10.0 Å². The van der Waals surface area contributed by atoms with Crippen LogP contribution in [0.1, 0.15) is 11.4 Å². The SMILES string of the molecule is COc1ccc(S(=O)(=O)Nc2ccc(-n3c(C)nc4ccccc4c3=O)cc2)cc1C. The molecular formula is C23H21N3O4S. The molecule has 158 valence electrons. The van der Waals surface area contributed by atoms with E-state index in [-0.39, 0.29) is 10.5 Å². The van der Waals surface area contributed by atoms with Crippen LogP contribution in [-0.4, -0.2) is 25.1 Å². The highest BCUT2D eigenvalue weighted by Gasteiger charge is 2.16. The first-order chi connectivity index (χ1) is 14.8. The summed E-state index contributed by atoms with van der Waals surface area (Å²) in [5.41, 5.74) is 2.17. The number of fused-ring (bicyclic) bond motifs is 1. The van der Waals surface area contributed by atoms with Crippen molar-refractivity contribution in [3.05, 3.63) is 88.5 Å². The topological polar surface area (TPSA) is 90.3 Å². The molecule has 7 nitrogen and oxygen atoms in total. The fourth-order valence-electron chi connectivity index (χ4n) is 3.46. The predicted molar refractivity (Wildman–Crippen MR) is 121 cm³/mol. The Hall–Kier alpha value is -3.65. The van der Waals surface area contributed by atoms with E-state index in [1.807, 2.05) is 6.07 Å². The fourth-order valence-corrected chi connectivity index (χ4v) is 4.60. The summed E-state index contributed by atoms with van der Waals surface area (Å²) in [6, 6.07) is 18.4. The van der Waals surface area contributed by atoms with Gasteiger partial charge >= 0.3 is 0 Å². The van der Waals surface area contributed by atoms with Crippen molar-refractivity contribution < 1.29 is 13.2 Å². The van der Waals surface area contributed by atoms with Gasteiger partial charge in [0.15, 0.2) is 0 Å². The molecule has 31 heavy (non-hydrogen) atoms. The summed E-state index contributed by atoms with van der Waals surface area (Å²) >= 11 is 0. The fraction of sp³-hybridized carbons (Fsp3) is 0.130. The molecule has 0 saturated heterocycles. The minimum atomic E-state index is -3.77. The minimum absolute atomic E-state index is 0.140. The summed E-state index contributed by atoms with van der Waals surface area (Å²) in [5.74, 6) is 1.17. The lowest BCUT2D eigenvalue weighted by Crippen LogP contribution is -2.22. The average Bonchev–Trinajstić information content (AvgIpc) is 2.74. The van der Waals surface area contributed by atoms with Crippen molar-refractivity contribution in [1.82, 2.24) is 9.55 Å². The van der Waals surface area contributed by atoms with E-state index in [2.05, 4.69) is 9.71 Å². The molecule has 4 aromatic rings. The Morgan fingerprint density at radius 2 is 1.68 bits per heavy atom. The molecule has 3 aromatic carbocycles. The zero-order valence-corrected chi connectivity index (χ0v) is 18.1. The largest absolute Gasteiger partial charge is 0.496 e. The highest BCUT2D eigenvalue weighted by molar-refractivity contribution is 7.92. The van der Waals surface area contributed by atoms with Gasteiger partial charge in [0.1, 0.15) is 11.6 Å². The van der Waals surface area contributed by atoms with Crippen molar-refractivity contribution in [3.63, 3.8) is 0 Å². The van der Waals surface area contributed by atoms with Gasteiger partial charge in [-0.15, -0.1) is 0 Å². The van der Waals surface area contributed by atoms with Gasteiger partial charge in [-0.3, -0.25) is 14.1 Å². The first-order valence-electron chi connectivity index (χ1n) is 9.56. The Kier molecular flexibility index (Phi) is 5.24. The van der Waals surface area contributed by atoms with Gasteiger partial charge in [-0.1, -0.05) is 12.1 Å². The third-order valence-corrected chi connectivity index (χ3v) is 6.38. The summed E-state index contributed by atoms with van der Waals surface area (Å²) in [6.45, 7) is 3.54. The minimum Gasteiger partial charge on any atom is -0.496 e. The van der Waals surface area contributed by atoms with Crippen LogP contribution in [0.25, 0.3) is 16.6 Å². The average molecular weight is 436 g/mol. The van der Waals surface area contributed by atoms with Crippen LogP contribution >= 0.6 is 0 Å². The summed E-state index contributed by atoms with van der Waals surface area (Å²) in [6.07, 6.45) is 0. The molecule has 4 rings (SSSR count). The maximum Gasteiger partial charge on any atom is 0.265 e. The molecule has 1 aromatic heterocycles. The number of benzene rings is 3. The van der Waals surface area contributed by atoms with E-state index in [4.69, 9.17) is 4.74 Å². The molecule has 0 aliphatic carbocycles. The molecule has 0 amide bonds. The smallest absolute Gasteiger partial charge is 0.265 e. The first kappa shape index (κ1) is 20.6. The molecule has 0 atom stereocenters. The molecule has 0 spiro atoms. The second-order valence-corrected chi connectivity index (χ2v) is 8.78. The van der Waals surface area contributed by atoms with E-state index in [1.165, 1.54) is 17.7 Å². The molecule has 0 fully saturated rings. The summed E-state index contributed by atoms with van der Waals surface area (Å²) in [5, 5.41) is 0.521. The Labute approximate surface area is 180 Å². The quantitative estimate of drug-likeness (QED) is 0.515. The Morgan fingerprint density at radius 1 is 0.968 bits per heavy atom. The van der Waals surface area contributed by atoms with Gasteiger partial charge in [0.25, 0.3) is 15.6 Å². The van der Waals surface area contributed by atoms with Crippen LogP contribution in [0.15, 0.2) is 76.4 Å². The number of hydrogen-bond donors (Lipinski definition) is 1. The van der Waals surface area contributed by atoms with E-state index in [0.717, 1.165) is 5.56 Å². The monoisotopic (exact) mass is 435 g/mol. The number of ether oxygens (including phenoxy) is 1. The lowest BCUT2D eigenvalue weighted by Gasteiger charge is -2.13. The van der Waals surface area contributed by atoms with Crippen molar-refractivity contribution >= 4 is 26.6 Å². The van der Waals surface area contributed by atoms with Crippen LogP contribution in [0.4, 0.5) is 5.69 Å². The van der Waals surface area contributed by atoms with E-state index >= 15 is 0 Å². The highest BCUT2D eigenvalue weighted by Crippen LogP contribution is 2.24. The molecule has 0 aliphatic heterocycles. The van der Waals surface area contributed by atoms with Crippen LogP contribution in [0.2, 0.25) is 0 Å². The molecule has 0 aliphatic rings. The molecule has 8 heteroatoms. The van der Waals surface area contributed by atoms with Gasteiger partial charge in [-0.25, -0.2) is 13.4 Å². The molecule has 0 bridgehead atoms. The standard InChI is InChI=1S/C23H21N3O4S/c1-15-14-19(12-13-22(15)30-3)31(28,29)25-17-8-10-18(11-9-17)26-16(2)24-21-7-5-4-6-20(21)23(26)27/h4-14,25H,1-3H3. The third kappa shape index (κ3) is 3.89. The van der Waals surface area contributed by atoms with Gasteiger partial charge < -0.3 is 4.74 Å². The lowest BCUT2D eigenvalue weighted by molar-refractivity contribution is 0.411. The van der Waals surface area contributed by atoms with Crippen molar-refractivity contribution in [3.8, 4) is 11.4 Å². The highest BCUT2D eigenvalue weighted by atomic mass is 32.2. The van der Waals surface area contributed by atoms with Crippen LogP contribution in [0, 0.1) is 13.8 Å². The number of methoxy groups -OCH3 is 1. The normalized spacial score (nSPS) is 11.5. The Bertz CT molecular complexity index is 1440. The summed E-state index contributed by atoms with van der Waals surface area (Å²) < 4.78 is 34.7. The van der Waals surface area contributed by atoms with Crippen molar-refractivity contribution in [2.45, 2.75) is 18.7 Å². The third-order valence-electron chi connectivity index (χ3n) is 5.00. The number of nitrogens with one attached hydrogen (secondary N) is 1. The first-order valence-corrected chi connectivity index (χ1v) is 11.0. The maximum absolute atomic E-state index is 12.9. The number of sulfonamides is 1. The number of rotatable bonds is 5. The molecule has 0 unspecified atom stereocenters. The van der Waals surface area contributed by atoms with E-state index in [0.29, 0.717) is 33.9 Å². The van der Waals surface area contributed by atoms with Gasteiger partial charge in [-0.05, 0) is 74.0 Å². The molecule has 1 N–H and O–H groups in total. The van der Waals surface area contributed by atoms with Gasteiger partial charge in [0.2, 0.25) is 0 Å². The zero-order valence-electron chi connectivity index (χ0n) is 17.3. The van der Waals surface area contributed by atoms with E-state index in [9.17, 15) is 13.2 Å². The van der Waals surface area contributed by atoms with E-state index in [1.54, 1.807) is 68.4 Å². The van der Waals surface area contributed by atoms with Crippen molar-refractivity contribution in [2.24, 2.45) is 0 Å². The lowest BCUT2D eigenvalue weighted by atomic mass is 10.2. The summed E-state index contributed by atoms with van der Waals surface area (Å²) in [7, 11) is -2.23. The molecule has 0 radical (unpaired) electrons. The number of nitrogens with zero attached hydrogens (tertiary/aromatic N) is 2. The molecule has 0 saturated carbocycles. The van der Waals surface area contributed by atoms with Crippen molar-refractivity contribution in [2.75, 3.05) is 11.8 Å². The van der Waals surface area contributed by atoms with Gasteiger partial charge in [0, 0.05) is 5.69 Å². The number of anilines is 1. The summed E-state index contributed by atoms with van der Waals surface area (Å²) in [4.78, 5) is 17.6. The van der Waals surface area contributed by atoms with Crippen molar-refractivity contribution in [1.29, 1.82) is 0 Å². The zero-order chi connectivity index (χ0) is 22.2. The van der Waals surface area contributed by atoms with Crippen LogP contribution in [0.3, 0.4) is 0 Å². The van der Waals surface area contributed by atoms with Gasteiger partial charge in [-0.2, -0.15) is 0 Å². The van der Waals surface area contributed by atoms with E-state index < -0.39 is 10.0 Å². The number of para-hydroxylation sites is 1. The Morgan fingerprint density at radius 3 is 2.35 bits per heavy atom. The second-order valence-electron chi connectivity index (χ2n) is 7.10. The van der Waals surface area contributed by atoms with Crippen LogP contribution < -0.4 is 15.0 Å². The number of aromatic nitrogens is 2. The maximum atomic E-state index is 12.9. The van der Waals surface area contributed by atoms with Crippen LogP contribution in [0.5, 0.6) is 5.75 Å². The molecule has 1 heterocycles. The van der Waals surface area contributed by atoms with Gasteiger partial charge in [0.05, 0.1) is 28.6 Å². The number of aryl methyl sites for hydroxylation is 2. The Balaban J connectivity index is 1.66. The number of hydrogen-bond acceptors (Lipinski definition) is 5. The predicted octanol–water partition coefficient (Wildman–Crippen LogP) is 3.81. The second kappa shape index (κ2) is 7.88.